The van der Waals surface area contributed by atoms with Crippen LogP contribution in [0.2, 0.25) is 0 Å². The third kappa shape index (κ3) is 3.74. The summed E-state index contributed by atoms with van der Waals surface area (Å²) in [5.74, 6) is 7.41. The number of benzene rings is 1. The summed E-state index contributed by atoms with van der Waals surface area (Å²) in [5, 5.41) is 0. The first-order chi connectivity index (χ1) is 7.95. The maximum atomic E-state index is 3.46. The fraction of sp³-hybridized carbons (Fsp3) is 0.500. The summed E-state index contributed by atoms with van der Waals surface area (Å²) in [6.45, 7) is 0. The molecule has 1 saturated carbocycles. The van der Waals surface area contributed by atoms with Crippen molar-refractivity contribution in [2.75, 3.05) is 0 Å². The van der Waals surface area contributed by atoms with Crippen LogP contribution >= 0.6 is 0 Å². The van der Waals surface area contributed by atoms with E-state index in [1.165, 1.54) is 44.9 Å². The van der Waals surface area contributed by atoms with Crippen molar-refractivity contribution in [1.82, 2.24) is 0 Å². The van der Waals surface area contributed by atoms with E-state index in [2.05, 4.69) is 36.1 Å². The summed E-state index contributed by atoms with van der Waals surface area (Å²) in [6.07, 6.45) is 9.59. The molecule has 0 amide bonds. The second kappa shape index (κ2) is 6.38. The largest absolute Gasteiger partial charge is 0.0945 e. The first-order valence-electron chi connectivity index (χ1n) is 6.52. The smallest absolute Gasteiger partial charge is 0.0245 e. The van der Waals surface area contributed by atoms with E-state index >= 15 is 0 Å². The third-order valence-corrected chi connectivity index (χ3v) is 3.30. The Morgan fingerprint density at radius 3 is 2.12 bits per heavy atom. The quantitative estimate of drug-likeness (QED) is 0.559. The van der Waals surface area contributed by atoms with Crippen LogP contribution in [0.1, 0.15) is 50.5 Å². The molecule has 0 heteroatoms. The SMILES string of the molecule is C(#CC1CCCCCCC1)c1ccccc1. The van der Waals surface area contributed by atoms with Crippen molar-refractivity contribution in [3.05, 3.63) is 35.9 Å². The zero-order valence-electron chi connectivity index (χ0n) is 9.91. The summed E-state index contributed by atoms with van der Waals surface area (Å²) in [5.41, 5.74) is 1.16. The van der Waals surface area contributed by atoms with Gasteiger partial charge in [-0.05, 0) is 25.0 Å². The Hall–Kier alpha value is -1.22. The lowest BCUT2D eigenvalue weighted by atomic mass is 9.91. The molecule has 0 N–H and O–H groups in total. The molecule has 0 spiro atoms. The van der Waals surface area contributed by atoms with Gasteiger partial charge >= 0.3 is 0 Å². The Kier molecular flexibility index (Phi) is 4.50. The minimum Gasteiger partial charge on any atom is -0.0945 e. The maximum absolute atomic E-state index is 3.46. The molecule has 0 saturated heterocycles. The Bertz CT molecular complexity index is 345. The first kappa shape index (κ1) is 11.3. The first-order valence-corrected chi connectivity index (χ1v) is 6.52. The zero-order valence-corrected chi connectivity index (χ0v) is 9.91. The highest BCUT2D eigenvalue weighted by atomic mass is 14.1. The molecule has 0 atom stereocenters. The van der Waals surface area contributed by atoms with Crippen LogP contribution in [0.5, 0.6) is 0 Å². The second-order valence-electron chi connectivity index (χ2n) is 4.68. The van der Waals surface area contributed by atoms with E-state index in [4.69, 9.17) is 0 Å². The number of hydrogen-bond acceptors (Lipinski definition) is 0. The van der Waals surface area contributed by atoms with Gasteiger partial charge in [-0.3, -0.25) is 0 Å². The average Bonchev–Trinajstić information content (AvgIpc) is 2.29. The third-order valence-electron chi connectivity index (χ3n) is 3.30. The van der Waals surface area contributed by atoms with Crippen LogP contribution < -0.4 is 0 Å². The molecular weight excluding hydrogens is 192 g/mol. The van der Waals surface area contributed by atoms with Crippen LogP contribution in [0.3, 0.4) is 0 Å². The second-order valence-corrected chi connectivity index (χ2v) is 4.68. The van der Waals surface area contributed by atoms with Crippen molar-refractivity contribution in [1.29, 1.82) is 0 Å². The topological polar surface area (TPSA) is 0 Å². The molecular formula is C16H20. The molecule has 1 aromatic rings. The molecule has 0 aliphatic heterocycles. The highest BCUT2D eigenvalue weighted by molar-refractivity contribution is 5.34. The standard InChI is InChI=1S/C16H20/c1-2-5-9-15(10-6-3-1)13-14-16-11-7-4-8-12-16/h4,7-8,11-12,15H,1-3,5-6,9-10H2. The Labute approximate surface area is 99.1 Å². The van der Waals surface area contributed by atoms with Crippen molar-refractivity contribution in [2.45, 2.75) is 44.9 Å². The predicted octanol–water partition coefficient (Wildman–Crippen LogP) is 4.40. The van der Waals surface area contributed by atoms with Crippen LogP contribution in [0.15, 0.2) is 30.3 Å². The molecule has 1 aliphatic carbocycles. The van der Waals surface area contributed by atoms with Gasteiger partial charge in [-0.25, -0.2) is 0 Å². The van der Waals surface area contributed by atoms with E-state index in [1.54, 1.807) is 0 Å². The van der Waals surface area contributed by atoms with Gasteiger partial charge in [0.1, 0.15) is 0 Å². The lowest BCUT2D eigenvalue weighted by molar-refractivity contribution is 0.444. The van der Waals surface area contributed by atoms with Gasteiger partial charge < -0.3 is 0 Å². The van der Waals surface area contributed by atoms with Gasteiger partial charge in [0.25, 0.3) is 0 Å². The van der Waals surface area contributed by atoms with Gasteiger partial charge in [0, 0.05) is 11.5 Å². The van der Waals surface area contributed by atoms with Crippen LogP contribution in [-0.2, 0) is 0 Å². The summed E-state index contributed by atoms with van der Waals surface area (Å²) in [7, 11) is 0. The summed E-state index contributed by atoms with van der Waals surface area (Å²) in [6, 6.07) is 10.3. The normalized spacial score (nSPS) is 18.0. The van der Waals surface area contributed by atoms with Crippen molar-refractivity contribution in [3.63, 3.8) is 0 Å². The van der Waals surface area contributed by atoms with Crippen LogP contribution in [0.4, 0.5) is 0 Å². The van der Waals surface area contributed by atoms with Gasteiger partial charge in [-0.1, -0.05) is 62.1 Å². The van der Waals surface area contributed by atoms with E-state index in [1.807, 2.05) is 6.07 Å². The summed E-state index contributed by atoms with van der Waals surface area (Å²) >= 11 is 0. The fourth-order valence-corrected chi connectivity index (χ4v) is 2.31. The molecule has 0 aromatic heterocycles. The van der Waals surface area contributed by atoms with Crippen molar-refractivity contribution in [3.8, 4) is 11.8 Å². The summed E-state index contributed by atoms with van der Waals surface area (Å²) < 4.78 is 0. The summed E-state index contributed by atoms with van der Waals surface area (Å²) in [4.78, 5) is 0. The molecule has 0 nitrogen and oxygen atoms in total. The van der Waals surface area contributed by atoms with Crippen LogP contribution in [0, 0.1) is 17.8 Å². The van der Waals surface area contributed by atoms with Gasteiger partial charge in [-0.15, -0.1) is 0 Å². The number of hydrogen-bond donors (Lipinski definition) is 0. The van der Waals surface area contributed by atoms with Crippen LogP contribution in [-0.4, -0.2) is 0 Å². The molecule has 1 aliphatic rings. The molecule has 1 aromatic carbocycles. The molecule has 0 radical (unpaired) electrons. The van der Waals surface area contributed by atoms with Crippen LogP contribution in [0.25, 0.3) is 0 Å². The van der Waals surface area contributed by atoms with Gasteiger partial charge in [0.05, 0.1) is 0 Å². The fourth-order valence-electron chi connectivity index (χ4n) is 2.31. The predicted molar refractivity (Wildman–Crippen MR) is 69.1 cm³/mol. The van der Waals surface area contributed by atoms with Crippen molar-refractivity contribution < 1.29 is 0 Å². The van der Waals surface area contributed by atoms with E-state index in [9.17, 15) is 0 Å². The van der Waals surface area contributed by atoms with E-state index in [-0.39, 0.29) is 0 Å². The van der Waals surface area contributed by atoms with Gasteiger partial charge in [-0.2, -0.15) is 0 Å². The van der Waals surface area contributed by atoms with E-state index < -0.39 is 0 Å². The molecule has 84 valence electrons. The maximum Gasteiger partial charge on any atom is 0.0245 e. The number of rotatable bonds is 0. The lowest BCUT2D eigenvalue weighted by Crippen LogP contribution is -2.00. The molecule has 0 heterocycles. The molecule has 0 unspecified atom stereocenters. The van der Waals surface area contributed by atoms with Crippen molar-refractivity contribution in [2.24, 2.45) is 5.92 Å². The molecule has 16 heavy (non-hydrogen) atoms. The molecule has 2 rings (SSSR count). The van der Waals surface area contributed by atoms with Crippen molar-refractivity contribution >= 4 is 0 Å². The van der Waals surface area contributed by atoms with E-state index in [0.29, 0.717) is 5.92 Å². The Morgan fingerprint density at radius 2 is 1.44 bits per heavy atom. The zero-order chi connectivity index (χ0) is 11.1. The Balaban J connectivity index is 1.94. The molecule has 0 bridgehead atoms. The highest BCUT2D eigenvalue weighted by Crippen LogP contribution is 2.21. The van der Waals surface area contributed by atoms with E-state index in [0.717, 1.165) is 5.56 Å². The lowest BCUT2D eigenvalue weighted by Gasteiger charge is -2.13. The van der Waals surface area contributed by atoms with Gasteiger partial charge in [0.15, 0.2) is 0 Å². The highest BCUT2D eigenvalue weighted by Gasteiger charge is 2.07. The van der Waals surface area contributed by atoms with Gasteiger partial charge in [0.2, 0.25) is 0 Å². The average molecular weight is 212 g/mol. The minimum absolute atomic E-state index is 0.639. The Morgan fingerprint density at radius 1 is 0.812 bits per heavy atom. The minimum atomic E-state index is 0.639. The molecule has 1 fully saturated rings. The monoisotopic (exact) mass is 212 g/mol.